The van der Waals surface area contributed by atoms with E-state index in [0.717, 1.165) is 11.1 Å². The lowest BCUT2D eigenvalue weighted by molar-refractivity contribution is 0.0752. The molecule has 5 heteroatoms. The van der Waals surface area contributed by atoms with Crippen LogP contribution in [0.15, 0.2) is 35.0 Å². The topological polar surface area (TPSA) is 66.6 Å². The van der Waals surface area contributed by atoms with Gasteiger partial charge in [-0.3, -0.25) is 9.78 Å². The van der Waals surface area contributed by atoms with Gasteiger partial charge in [-0.15, -0.1) is 0 Å². The normalized spacial score (nSPS) is 10.8. The molecule has 23 heavy (non-hydrogen) atoms. The lowest BCUT2D eigenvalue weighted by Crippen LogP contribution is -2.26. The summed E-state index contributed by atoms with van der Waals surface area (Å²) in [5, 5.41) is 9.58. The molecule has 120 valence electrons. The Morgan fingerprint density at radius 2 is 2.13 bits per heavy atom. The van der Waals surface area contributed by atoms with E-state index in [0.29, 0.717) is 12.3 Å². The van der Waals surface area contributed by atoms with E-state index in [-0.39, 0.29) is 11.7 Å². The number of hydrogen-bond donors (Lipinski definition) is 1. The van der Waals surface area contributed by atoms with Crippen molar-refractivity contribution in [2.45, 2.75) is 32.9 Å². The van der Waals surface area contributed by atoms with Crippen molar-refractivity contribution >= 4 is 5.91 Å². The summed E-state index contributed by atoms with van der Waals surface area (Å²) in [7, 11) is 1.72. The van der Waals surface area contributed by atoms with Crippen molar-refractivity contribution in [1.29, 1.82) is 0 Å². The number of carbonyl (C=O) groups is 1. The molecule has 0 atom stereocenters. The first-order valence-electron chi connectivity index (χ1n) is 7.26. The lowest BCUT2D eigenvalue weighted by atomic mass is 10.1. The van der Waals surface area contributed by atoms with Crippen molar-refractivity contribution in [2.24, 2.45) is 0 Å². The molecule has 0 bridgehead atoms. The van der Waals surface area contributed by atoms with E-state index in [4.69, 9.17) is 4.42 Å². The molecule has 0 aliphatic rings. The highest BCUT2D eigenvalue weighted by atomic mass is 16.4. The minimum Gasteiger partial charge on any atom is -0.443 e. The van der Waals surface area contributed by atoms with Gasteiger partial charge in [-0.05, 0) is 56.0 Å². The van der Waals surface area contributed by atoms with Crippen molar-refractivity contribution in [3.8, 4) is 11.8 Å². The highest BCUT2D eigenvalue weighted by molar-refractivity contribution is 5.91. The van der Waals surface area contributed by atoms with E-state index in [9.17, 15) is 9.90 Å². The summed E-state index contributed by atoms with van der Waals surface area (Å²) < 4.78 is 5.44. The zero-order valence-corrected chi connectivity index (χ0v) is 13.8. The van der Waals surface area contributed by atoms with Gasteiger partial charge in [0.25, 0.3) is 5.91 Å². The van der Waals surface area contributed by atoms with Crippen molar-refractivity contribution in [3.05, 3.63) is 53.2 Å². The molecule has 0 aliphatic heterocycles. The van der Waals surface area contributed by atoms with E-state index in [1.54, 1.807) is 50.3 Å². The number of hydrogen-bond acceptors (Lipinski definition) is 4. The number of carbonyl (C=O) groups excluding carboxylic acids is 1. The Labute approximate surface area is 136 Å². The average molecular weight is 312 g/mol. The molecule has 0 saturated carbocycles. The van der Waals surface area contributed by atoms with Crippen LogP contribution in [0.5, 0.6) is 0 Å². The average Bonchev–Trinajstić information content (AvgIpc) is 2.95. The van der Waals surface area contributed by atoms with Crippen LogP contribution >= 0.6 is 0 Å². The Morgan fingerprint density at radius 3 is 2.78 bits per heavy atom. The first-order chi connectivity index (χ1) is 10.8. The number of aromatic nitrogens is 1. The zero-order valence-electron chi connectivity index (χ0n) is 13.8. The summed E-state index contributed by atoms with van der Waals surface area (Å²) in [6, 6.07) is 5.10. The maximum absolute atomic E-state index is 12.4. The van der Waals surface area contributed by atoms with Gasteiger partial charge in [-0.2, -0.15) is 0 Å². The molecule has 2 heterocycles. The molecule has 0 radical (unpaired) electrons. The van der Waals surface area contributed by atoms with E-state index >= 15 is 0 Å². The van der Waals surface area contributed by atoms with Crippen LogP contribution in [0.25, 0.3) is 0 Å². The van der Waals surface area contributed by atoms with E-state index in [1.807, 2.05) is 13.0 Å². The molecule has 2 rings (SSSR count). The molecule has 0 saturated heterocycles. The summed E-state index contributed by atoms with van der Waals surface area (Å²) in [5.74, 6) is 5.71. The molecule has 1 amide bonds. The molecule has 1 N–H and O–H groups in total. The van der Waals surface area contributed by atoms with Gasteiger partial charge in [-0.25, -0.2) is 0 Å². The van der Waals surface area contributed by atoms with Gasteiger partial charge < -0.3 is 14.4 Å². The molecule has 0 unspecified atom stereocenters. The minimum absolute atomic E-state index is 0.222. The molecule has 5 nitrogen and oxygen atoms in total. The number of nitrogens with zero attached hydrogens (tertiary/aromatic N) is 2. The van der Waals surface area contributed by atoms with Crippen LogP contribution in [-0.2, 0) is 6.54 Å². The van der Waals surface area contributed by atoms with Crippen molar-refractivity contribution < 1.29 is 14.3 Å². The smallest absolute Gasteiger partial charge is 0.289 e. The number of amides is 1. The Kier molecular flexibility index (Phi) is 4.87. The molecular formula is C18H20N2O3. The van der Waals surface area contributed by atoms with Crippen LogP contribution < -0.4 is 0 Å². The van der Waals surface area contributed by atoms with Gasteiger partial charge in [0, 0.05) is 26.0 Å². The fourth-order valence-electron chi connectivity index (χ4n) is 1.93. The maximum atomic E-state index is 12.4. The van der Waals surface area contributed by atoms with E-state index in [2.05, 4.69) is 16.8 Å². The van der Waals surface area contributed by atoms with Gasteiger partial charge in [0.1, 0.15) is 5.60 Å². The molecular weight excluding hydrogens is 292 g/mol. The van der Waals surface area contributed by atoms with Crippen LogP contribution in [-0.4, -0.2) is 33.5 Å². The third-order valence-electron chi connectivity index (χ3n) is 3.20. The summed E-state index contributed by atoms with van der Waals surface area (Å²) >= 11 is 0. The van der Waals surface area contributed by atoms with Crippen molar-refractivity contribution in [3.63, 3.8) is 0 Å². The van der Waals surface area contributed by atoms with Gasteiger partial charge in [0.2, 0.25) is 0 Å². The molecule has 2 aromatic heterocycles. The van der Waals surface area contributed by atoms with Crippen LogP contribution in [0.2, 0.25) is 0 Å². The summed E-state index contributed by atoms with van der Waals surface area (Å²) in [5.41, 5.74) is 0.958. The first-order valence-corrected chi connectivity index (χ1v) is 7.26. The van der Waals surface area contributed by atoms with Gasteiger partial charge in [0.15, 0.2) is 11.5 Å². The second-order valence-electron chi connectivity index (χ2n) is 5.94. The van der Waals surface area contributed by atoms with Crippen LogP contribution in [0.4, 0.5) is 0 Å². The molecule has 0 fully saturated rings. The van der Waals surface area contributed by atoms with Crippen molar-refractivity contribution in [2.75, 3.05) is 7.05 Å². The highest BCUT2D eigenvalue weighted by Crippen LogP contribution is 2.13. The largest absolute Gasteiger partial charge is 0.443 e. The van der Waals surface area contributed by atoms with Crippen LogP contribution in [0, 0.1) is 18.8 Å². The SMILES string of the molecule is Cc1cnccc1CN(C)C(=O)c1ccc(C#CC(C)(C)O)o1. The first kappa shape index (κ1) is 16.8. The zero-order chi connectivity index (χ0) is 17.0. The Bertz CT molecular complexity index is 760. The van der Waals surface area contributed by atoms with Gasteiger partial charge in [0.05, 0.1) is 0 Å². The lowest BCUT2D eigenvalue weighted by Gasteiger charge is -2.16. The molecule has 2 aromatic rings. The molecule has 0 aliphatic carbocycles. The summed E-state index contributed by atoms with van der Waals surface area (Å²) in [6.45, 7) is 5.59. The third-order valence-corrected chi connectivity index (χ3v) is 3.20. The Morgan fingerprint density at radius 1 is 1.39 bits per heavy atom. The molecule has 0 aromatic carbocycles. The van der Waals surface area contributed by atoms with Crippen LogP contribution in [0.3, 0.4) is 0 Å². The van der Waals surface area contributed by atoms with Gasteiger partial charge in [-0.1, -0.05) is 5.92 Å². The summed E-state index contributed by atoms with van der Waals surface area (Å²) in [4.78, 5) is 18.0. The molecule has 0 spiro atoms. The second-order valence-corrected chi connectivity index (χ2v) is 5.94. The fraction of sp³-hybridized carbons (Fsp3) is 0.333. The second kappa shape index (κ2) is 6.67. The quantitative estimate of drug-likeness (QED) is 0.884. The predicted molar refractivity (Wildman–Crippen MR) is 86.7 cm³/mol. The van der Waals surface area contributed by atoms with Crippen LogP contribution in [0.1, 0.15) is 41.3 Å². The number of rotatable bonds is 3. The number of furan rings is 1. The highest BCUT2D eigenvalue weighted by Gasteiger charge is 2.17. The maximum Gasteiger partial charge on any atom is 0.289 e. The van der Waals surface area contributed by atoms with Gasteiger partial charge >= 0.3 is 0 Å². The third kappa shape index (κ3) is 4.70. The predicted octanol–water partition coefficient (Wildman–Crippen LogP) is 2.38. The Hall–Kier alpha value is -2.58. The van der Waals surface area contributed by atoms with E-state index < -0.39 is 5.60 Å². The van der Waals surface area contributed by atoms with Crippen molar-refractivity contribution in [1.82, 2.24) is 9.88 Å². The standard InChI is InChI=1S/C18H20N2O3/c1-13-11-19-10-8-14(13)12-20(4)17(21)16-6-5-15(23-16)7-9-18(2,3)22/h5-6,8,10-11,22H,12H2,1-4H3. The monoisotopic (exact) mass is 312 g/mol. The number of aliphatic hydroxyl groups is 1. The summed E-state index contributed by atoms with van der Waals surface area (Å²) in [6.07, 6.45) is 3.47. The minimum atomic E-state index is -1.10. The van der Waals surface area contributed by atoms with E-state index in [1.165, 1.54) is 0 Å². The number of aryl methyl sites for hydroxylation is 1. The fourth-order valence-corrected chi connectivity index (χ4v) is 1.93. The Balaban J connectivity index is 2.10. The number of pyridine rings is 1.